The zero-order chi connectivity index (χ0) is 9.14. The van der Waals surface area contributed by atoms with Crippen LogP contribution in [0.4, 0.5) is 0 Å². The Balaban J connectivity index is 2.97. The van der Waals surface area contributed by atoms with Crippen LogP contribution in [-0.4, -0.2) is 10.8 Å². The molecule has 0 aliphatic rings. The van der Waals surface area contributed by atoms with E-state index in [9.17, 15) is 9.59 Å². The first-order valence-corrected chi connectivity index (χ1v) is 3.56. The number of rotatable bonds is 2. The third-order valence-corrected chi connectivity index (χ3v) is 1.61. The van der Waals surface area contributed by atoms with Gasteiger partial charge in [-0.2, -0.15) is 0 Å². The summed E-state index contributed by atoms with van der Waals surface area (Å²) in [6, 6.07) is 2.25. The maximum atomic E-state index is 10.8. The van der Waals surface area contributed by atoms with E-state index in [1.807, 2.05) is 0 Å². The van der Waals surface area contributed by atoms with Crippen molar-refractivity contribution in [3.05, 3.63) is 34.2 Å². The van der Waals surface area contributed by atoms with E-state index >= 15 is 0 Å². The summed E-state index contributed by atoms with van der Waals surface area (Å²) in [5, 5.41) is 0. The fourth-order valence-electron chi connectivity index (χ4n) is 0.851. The molecule has 64 valence electrons. The minimum atomic E-state index is -0.637. The molecule has 1 rings (SSSR count). The summed E-state index contributed by atoms with van der Waals surface area (Å²) in [6.45, 7) is 1.41. The lowest BCUT2D eigenvalue weighted by Crippen LogP contribution is -2.19. The van der Waals surface area contributed by atoms with Crippen molar-refractivity contribution in [1.82, 2.24) is 4.98 Å². The molecule has 4 nitrogen and oxygen atoms in total. The van der Waals surface area contributed by atoms with Crippen molar-refractivity contribution in [3.63, 3.8) is 0 Å². The number of carbonyl (C=O) groups is 1. The molecular formula is C8H10N2O2. The molecule has 0 saturated carbocycles. The van der Waals surface area contributed by atoms with Gasteiger partial charge in [-0.15, -0.1) is 0 Å². The van der Waals surface area contributed by atoms with Crippen LogP contribution in [-0.2, 0) is 4.79 Å². The summed E-state index contributed by atoms with van der Waals surface area (Å²) >= 11 is 0. The van der Waals surface area contributed by atoms with Crippen molar-refractivity contribution in [2.24, 2.45) is 5.73 Å². The molecule has 0 bridgehead atoms. The lowest BCUT2D eigenvalue weighted by molar-refractivity contribution is -0.118. The quantitative estimate of drug-likeness (QED) is 0.647. The summed E-state index contributed by atoms with van der Waals surface area (Å²) in [5.74, 6) is -0.123. The highest BCUT2D eigenvalue weighted by Crippen LogP contribution is 2.06. The molecule has 0 amide bonds. The molecule has 0 aliphatic heterocycles. The van der Waals surface area contributed by atoms with Crippen LogP contribution in [0.2, 0.25) is 0 Å². The van der Waals surface area contributed by atoms with Crippen molar-refractivity contribution < 1.29 is 4.79 Å². The third kappa shape index (κ3) is 1.79. The van der Waals surface area contributed by atoms with Crippen molar-refractivity contribution in [2.45, 2.75) is 13.0 Å². The number of ketones is 1. The SMILES string of the molecule is CC(=O)C(N)c1ccc(=O)[nH]c1. The number of carbonyl (C=O) groups excluding carboxylic acids is 1. The van der Waals surface area contributed by atoms with Crippen molar-refractivity contribution >= 4 is 5.78 Å². The molecule has 4 heteroatoms. The Morgan fingerprint density at radius 1 is 1.58 bits per heavy atom. The van der Waals surface area contributed by atoms with Gasteiger partial charge in [-0.25, -0.2) is 0 Å². The maximum absolute atomic E-state index is 10.8. The highest BCUT2D eigenvalue weighted by atomic mass is 16.1. The molecular weight excluding hydrogens is 156 g/mol. The smallest absolute Gasteiger partial charge is 0.247 e. The van der Waals surface area contributed by atoms with Gasteiger partial charge in [-0.3, -0.25) is 9.59 Å². The predicted octanol–water partition coefficient (Wildman–Crippen LogP) is -0.0363. The highest BCUT2D eigenvalue weighted by Gasteiger charge is 2.09. The van der Waals surface area contributed by atoms with Gasteiger partial charge in [0.1, 0.15) is 0 Å². The fraction of sp³-hybridized carbons (Fsp3) is 0.250. The minimum absolute atomic E-state index is 0.123. The van der Waals surface area contributed by atoms with Crippen LogP contribution in [0.25, 0.3) is 0 Å². The van der Waals surface area contributed by atoms with E-state index in [2.05, 4.69) is 4.98 Å². The van der Waals surface area contributed by atoms with Crippen LogP contribution in [0.5, 0.6) is 0 Å². The molecule has 0 spiro atoms. The van der Waals surface area contributed by atoms with Gasteiger partial charge in [-0.1, -0.05) is 6.07 Å². The molecule has 0 radical (unpaired) electrons. The first-order valence-electron chi connectivity index (χ1n) is 3.56. The van der Waals surface area contributed by atoms with E-state index in [-0.39, 0.29) is 11.3 Å². The Morgan fingerprint density at radius 3 is 2.67 bits per heavy atom. The summed E-state index contributed by atoms with van der Waals surface area (Å²) in [5.41, 5.74) is 5.94. The number of H-pyrrole nitrogens is 1. The van der Waals surface area contributed by atoms with Gasteiger partial charge in [0.25, 0.3) is 0 Å². The second kappa shape index (κ2) is 3.32. The van der Waals surface area contributed by atoms with Crippen LogP contribution in [0.3, 0.4) is 0 Å². The first-order chi connectivity index (χ1) is 5.61. The average Bonchev–Trinajstić information content (AvgIpc) is 2.04. The highest BCUT2D eigenvalue weighted by molar-refractivity contribution is 5.82. The standard InChI is InChI=1S/C8H10N2O2/c1-5(11)8(9)6-2-3-7(12)10-4-6/h2-4,8H,9H2,1H3,(H,10,12). The molecule has 3 N–H and O–H groups in total. The van der Waals surface area contributed by atoms with Crippen LogP contribution in [0.15, 0.2) is 23.1 Å². The lowest BCUT2D eigenvalue weighted by Gasteiger charge is -2.05. The first kappa shape index (κ1) is 8.67. The van der Waals surface area contributed by atoms with E-state index in [0.29, 0.717) is 5.56 Å². The van der Waals surface area contributed by atoms with Gasteiger partial charge < -0.3 is 10.7 Å². The summed E-state index contributed by atoms with van der Waals surface area (Å²) < 4.78 is 0. The van der Waals surface area contributed by atoms with E-state index in [4.69, 9.17) is 5.73 Å². The Bertz CT molecular complexity index is 323. The molecule has 1 aromatic heterocycles. The second-order valence-electron chi connectivity index (χ2n) is 2.57. The summed E-state index contributed by atoms with van der Waals surface area (Å²) in [6.07, 6.45) is 1.45. The van der Waals surface area contributed by atoms with Gasteiger partial charge in [0.2, 0.25) is 5.56 Å². The summed E-state index contributed by atoms with van der Waals surface area (Å²) in [7, 11) is 0. The monoisotopic (exact) mass is 166 g/mol. The Morgan fingerprint density at radius 2 is 2.25 bits per heavy atom. The number of aromatic amines is 1. The van der Waals surface area contributed by atoms with Gasteiger partial charge >= 0.3 is 0 Å². The molecule has 1 atom stereocenters. The van der Waals surface area contributed by atoms with E-state index in [1.54, 1.807) is 6.07 Å². The number of nitrogens with one attached hydrogen (secondary N) is 1. The lowest BCUT2D eigenvalue weighted by atomic mass is 10.1. The van der Waals surface area contributed by atoms with Crippen molar-refractivity contribution in [3.8, 4) is 0 Å². The molecule has 0 fully saturated rings. The summed E-state index contributed by atoms with van der Waals surface area (Å²) in [4.78, 5) is 23.9. The van der Waals surface area contributed by atoms with Crippen molar-refractivity contribution in [1.29, 1.82) is 0 Å². The molecule has 0 aliphatic carbocycles. The van der Waals surface area contributed by atoms with E-state index in [1.165, 1.54) is 19.2 Å². The Kier molecular flexibility index (Phi) is 2.40. The Hall–Kier alpha value is -1.42. The fourth-order valence-corrected chi connectivity index (χ4v) is 0.851. The van der Waals surface area contributed by atoms with E-state index in [0.717, 1.165) is 0 Å². The minimum Gasteiger partial charge on any atom is -0.329 e. The van der Waals surface area contributed by atoms with Crippen LogP contribution < -0.4 is 11.3 Å². The second-order valence-corrected chi connectivity index (χ2v) is 2.57. The number of hydrogen-bond acceptors (Lipinski definition) is 3. The molecule has 1 heterocycles. The van der Waals surface area contributed by atoms with Gasteiger partial charge in [-0.05, 0) is 12.5 Å². The van der Waals surface area contributed by atoms with Crippen molar-refractivity contribution in [2.75, 3.05) is 0 Å². The molecule has 1 aromatic rings. The average molecular weight is 166 g/mol. The zero-order valence-electron chi connectivity index (χ0n) is 6.70. The number of aromatic nitrogens is 1. The van der Waals surface area contributed by atoms with Crippen LogP contribution >= 0.6 is 0 Å². The molecule has 0 aromatic carbocycles. The molecule has 12 heavy (non-hydrogen) atoms. The molecule has 1 unspecified atom stereocenters. The normalized spacial score (nSPS) is 12.5. The van der Waals surface area contributed by atoms with Crippen LogP contribution in [0.1, 0.15) is 18.5 Å². The largest absolute Gasteiger partial charge is 0.329 e. The molecule has 0 saturated heterocycles. The zero-order valence-corrected chi connectivity index (χ0v) is 6.70. The van der Waals surface area contributed by atoms with Gasteiger partial charge in [0.05, 0.1) is 6.04 Å². The van der Waals surface area contributed by atoms with E-state index < -0.39 is 6.04 Å². The maximum Gasteiger partial charge on any atom is 0.247 e. The van der Waals surface area contributed by atoms with Crippen LogP contribution in [0, 0.1) is 0 Å². The number of pyridine rings is 1. The third-order valence-electron chi connectivity index (χ3n) is 1.61. The Labute approximate surface area is 69.4 Å². The van der Waals surface area contributed by atoms with Gasteiger partial charge in [0, 0.05) is 12.3 Å². The number of nitrogens with two attached hydrogens (primary N) is 1. The topological polar surface area (TPSA) is 76.0 Å². The number of hydrogen-bond donors (Lipinski definition) is 2. The predicted molar refractivity (Wildman–Crippen MR) is 44.7 cm³/mol. The number of Topliss-reactive ketones (excluding diaryl/α,β-unsaturated/α-hetero) is 1. The van der Waals surface area contributed by atoms with Gasteiger partial charge in [0.15, 0.2) is 5.78 Å².